The van der Waals surface area contributed by atoms with E-state index in [-0.39, 0.29) is 0 Å². The smallest absolute Gasteiger partial charge is 0.112 e. The van der Waals surface area contributed by atoms with E-state index in [1.54, 1.807) is 0 Å². The van der Waals surface area contributed by atoms with Gasteiger partial charge in [0.05, 0.1) is 11.4 Å². The molecule has 0 amide bonds. The summed E-state index contributed by atoms with van der Waals surface area (Å²) in [5.41, 5.74) is 14.5. The molecule has 0 radical (unpaired) electrons. The zero-order chi connectivity index (χ0) is 11.4. The monoisotopic (exact) mass is 206 g/mol. The average molecular weight is 206 g/mol. The van der Waals surface area contributed by atoms with Gasteiger partial charge in [-0.1, -0.05) is 12.6 Å². The Hall–Kier alpha value is -1.84. The molecule has 0 aliphatic rings. The number of nitrogen functional groups attached to an aromatic ring is 1. The second kappa shape index (κ2) is 4.59. The van der Waals surface area contributed by atoms with Crippen molar-refractivity contribution < 1.29 is 0 Å². The first kappa shape index (κ1) is 11.2. The lowest BCUT2D eigenvalue weighted by Gasteiger charge is -2.19. The molecular formula is C11H18N4. The Labute approximate surface area is 90.7 Å². The van der Waals surface area contributed by atoms with Gasteiger partial charge in [-0.05, 0) is 24.6 Å². The van der Waals surface area contributed by atoms with Crippen LogP contribution >= 0.6 is 0 Å². The first-order valence-electron chi connectivity index (χ1n) is 4.75. The molecule has 4 nitrogen and oxygen atoms in total. The molecule has 0 unspecified atom stereocenters. The molecule has 0 bridgehead atoms. The first-order valence-corrected chi connectivity index (χ1v) is 4.75. The number of nitrogens with one attached hydrogen (secondary N) is 2. The van der Waals surface area contributed by atoms with Crippen LogP contribution in [0.4, 0.5) is 11.4 Å². The second-order valence-corrected chi connectivity index (χ2v) is 3.68. The van der Waals surface area contributed by atoms with Crippen molar-refractivity contribution in [3.8, 4) is 0 Å². The molecule has 0 saturated heterocycles. The lowest BCUT2D eigenvalue weighted by Crippen LogP contribution is -2.29. The van der Waals surface area contributed by atoms with E-state index in [2.05, 4.69) is 17.4 Å². The van der Waals surface area contributed by atoms with Crippen molar-refractivity contribution >= 4 is 11.4 Å². The SMILES string of the molecule is C=C(NNc1cc(C)ccc1N)N(C)C. The highest BCUT2D eigenvalue weighted by Gasteiger charge is 1.99. The molecule has 1 aromatic carbocycles. The zero-order valence-corrected chi connectivity index (χ0v) is 9.46. The molecule has 0 aromatic heterocycles. The van der Waals surface area contributed by atoms with Crippen LogP contribution in [-0.4, -0.2) is 19.0 Å². The van der Waals surface area contributed by atoms with Crippen LogP contribution in [0.25, 0.3) is 0 Å². The van der Waals surface area contributed by atoms with Gasteiger partial charge in [0, 0.05) is 14.1 Å². The number of nitrogens with zero attached hydrogens (tertiary/aromatic N) is 1. The Morgan fingerprint density at radius 2 is 2.07 bits per heavy atom. The fourth-order valence-electron chi connectivity index (χ4n) is 1.03. The fourth-order valence-corrected chi connectivity index (χ4v) is 1.03. The highest BCUT2D eigenvalue weighted by Crippen LogP contribution is 2.18. The van der Waals surface area contributed by atoms with Gasteiger partial charge in [-0.25, -0.2) is 0 Å². The summed E-state index contributed by atoms with van der Waals surface area (Å²) < 4.78 is 0. The lowest BCUT2D eigenvalue weighted by atomic mass is 10.2. The standard InChI is InChI=1S/C11H18N4/c1-8-5-6-10(12)11(7-8)14-13-9(2)15(3)4/h5-7,13-14H,2,12H2,1,3-4H3. The van der Waals surface area contributed by atoms with E-state index in [1.807, 2.05) is 44.1 Å². The summed E-state index contributed by atoms with van der Waals surface area (Å²) in [6, 6.07) is 5.82. The third-order valence-electron chi connectivity index (χ3n) is 2.09. The van der Waals surface area contributed by atoms with Crippen molar-refractivity contribution in [2.45, 2.75) is 6.92 Å². The predicted octanol–water partition coefficient (Wildman–Crippen LogP) is 1.53. The van der Waals surface area contributed by atoms with Gasteiger partial charge in [-0.3, -0.25) is 10.9 Å². The maximum absolute atomic E-state index is 5.81. The van der Waals surface area contributed by atoms with Gasteiger partial charge in [0.25, 0.3) is 0 Å². The van der Waals surface area contributed by atoms with Gasteiger partial charge in [-0.2, -0.15) is 0 Å². The summed E-state index contributed by atoms with van der Waals surface area (Å²) in [5.74, 6) is 0.774. The number of hydrazine groups is 1. The van der Waals surface area contributed by atoms with E-state index >= 15 is 0 Å². The second-order valence-electron chi connectivity index (χ2n) is 3.68. The molecule has 0 aliphatic heterocycles. The molecule has 1 rings (SSSR count). The number of anilines is 2. The molecule has 0 saturated carbocycles. The summed E-state index contributed by atoms with van der Waals surface area (Å²) in [6.07, 6.45) is 0. The molecule has 82 valence electrons. The molecule has 4 N–H and O–H groups in total. The molecule has 1 aromatic rings. The van der Waals surface area contributed by atoms with Crippen molar-refractivity contribution in [2.75, 3.05) is 25.3 Å². The number of rotatable bonds is 4. The topological polar surface area (TPSA) is 53.3 Å². The highest BCUT2D eigenvalue weighted by atomic mass is 15.4. The molecule has 0 aliphatic carbocycles. The molecule has 0 spiro atoms. The van der Waals surface area contributed by atoms with Crippen LogP contribution in [0, 0.1) is 6.92 Å². The third-order valence-corrected chi connectivity index (χ3v) is 2.09. The number of nitrogens with two attached hydrogens (primary N) is 1. The quantitative estimate of drug-likeness (QED) is 0.516. The van der Waals surface area contributed by atoms with Gasteiger partial charge < -0.3 is 10.6 Å². The van der Waals surface area contributed by atoms with Gasteiger partial charge in [0.15, 0.2) is 0 Å². The number of hydrogen-bond acceptors (Lipinski definition) is 4. The van der Waals surface area contributed by atoms with Crippen molar-refractivity contribution in [1.82, 2.24) is 10.3 Å². The first-order chi connectivity index (χ1) is 7.00. The van der Waals surface area contributed by atoms with E-state index in [1.165, 1.54) is 0 Å². The molecule has 15 heavy (non-hydrogen) atoms. The Balaban J connectivity index is 2.65. The average Bonchev–Trinajstić information content (AvgIpc) is 2.18. The van der Waals surface area contributed by atoms with Crippen molar-refractivity contribution in [1.29, 1.82) is 0 Å². The minimum Gasteiger partial charge on any atom is -0.397 e. The maximum atomic E-state index is 5.81. The Kier molecular flexibility index (Phi) is 3.44. The number of hydrogen-bond donors (Lipinski definition) is 3. The Bertz CT molecular complexity index is 358. The minimum atomic E-state index is 0.708. The van der Waals surface area contributed by atoms with Gasteiger partial charge in [0.2, 0.25) is 0 Å². The molecule has 0 heterocycles. The van der Waals surface area contributed by atoms with Crippen LogP contribution in [0.15, 0.2) is 30.6 Å². The van der Waals surface area contributed by atoms with Gasteiger partial charge >= 0.3 is 0 Å². The minimum absolute atomic E-state index is 0.708. The van der Waals surface area contributed by atoms with E-state index < -0.39 is 0 Å². The largest absolute Gasteiger partial charge is 0.397 e. The molecular weight excluding hydrogens is 188 g/mol. The Morgan fingerprint density at radius 3 is 2.67 bits per heavy atom. The van der Waals surface area contributed by atoms with E-state index in [4.69, 9.17) is 5.73 Å². The van der Waals surface area contributed by atoms with E-state index in [0.29, 0.717) is 5.69 Å². The maximum Gasteiger partial charge on any atom is 0.112 e. The van der Waals surface area contributed by atoms with Crippen LogP contribution in [0.3, 0.4) is 0 Å². The van der Waals surface area contributed by atoms with Gasteiger partial charge in [-0.15, -0.1) is 0 Å². The van der Waals surface area contributed by atoms with Crippen molar-refractivity contribution in [2.24, 2.45) is 0 Å². The van der Waals surface area contributed by atoms with Crippen LogP contribution in [0.1, 0.15) is 5.56 Å². The van der Waals surface area contributed by atoms with Crippen molar-refractivity contribution in [3.05, 3.63) is 36.2 Å². The summed E-state index contributed by atoms with van der Waals surface area (Å²) in [4.78, 5) is 1.87. The van der Waals surface area contributed by atoms with Crippen LogP contribution in [0.2, 0.25) is 0 Å². The third kappa shape index (κ3) is 3.09. The highest BCUT2D eigenvalue weighted by molar-refractivity contribution is 5.66. The number of benzene rings is 1. The fraction of sp³-hybridized carbons (Fsp3) is 0.273. The molecule has 0 fully saturated rings. The van der Waals surface area contributed by atoms with E-state index in [0.717, 1.165) is 17.1 Å². The molecule has 4 heteroatoms. The van der Waals surface area contributed by atoms with Crippen LogP contribution in [-0.2, 0) is 0 Å². The van der Waals surface area contributed by atoms with E-state index in [9.17, 15) is 0 Å². The molecule has 0 atom stereocenters. The van der Waals surface area contributed by atoms with Gasteiger partial charge in [0.1, 0.15) is 5.82 Å². The normalized spacial score (nSPS) is 9.53. The summed E-state index contributed by atoms with van der Waals surface area (Å²) in [6.45, 7) is 5.85. The number of aryl methyl sites for hydroxylation is 1. The zero-order valence-electron chi connectivity index (χ0n) is 9.46. The van der Waals surface area contributed by atoms with Crippen LogP contribution in [0.5, 0.6) is 0 Å². The summed E-state index contributed by atoms with van der Waals surface area (Å²) in [5, 5.41) is 0. The van der Waals surface area contributed by atoms with Crippen molar-refractivity contribution in [3.63, 3.8) is 0 Å². The summed E-state index contributed by atoms with van der Waals surface area (Å²) >= 11 is 0. The summed E-state index contributed by atoms with van der Waals surface area (Å²) in [7, 11) is 3.83. The lowest BCUT2D eigenvalue weighted by molar-refractivity contribution is 0.477. The predicted molar refractivity (Wildman–Crippen MR) is 65.2 cm³/mol. The van der Waals surface area contributed by atoms with Crippen LogP contribution < -0.4 is 16.6 Å². The Morgan fingerprint density at radius 1 is 1.40 bits per heavy atom.